The number of carbonyl (C=O) groups is 3. The van der Waals surface area contributed by atoms with E-state index in [1.807, 2.05) is 24.3 Å². The second-order valence-electron chi connectivity index (χ2n) is 7.20. The number of nitrogens with zero attached hydrogens (tertiary/aromatic N) is 1. The lowest BCUT2D eigenvalue weighted by atomic mass is 9.99. The highest BCUT2D eigenvalue weighted by Gasteiger charge is 2.16. The van der Waals surface area contributed by atoms with Crippen molar-refractivity contribution in [2.24, 2.45) is 5.92 Å². The Kier molecular flexibility index (Phi) is 7.24. The molecule has 1 aromatic heterocycles. The van der Waals surface area contributed by atoms with Crippen molar-refractivity contribution in [2.45, 2.75) is 19.8 Å². The Labute approximate surface area is 174 Å². The van der Waals surface area contributed by atoms with E-state index in [-0.39, 0.29) is 24.9 Å². The molecule has 2 aromatic rings. The number of carbonyl (C=O) groups excluding carboxylic acids is 3. The molecule has 154 valence electrons. The van der Waals surface area contributed by atoms with Crippen LogP contribution in [-0.4, -0.2) is 43.9 Å². The molecular weight excluding hydrogens is 388 g/mol. The fourth-order valence-corrected chi connectivity index (χ4v) is 3.76. The smallest absolute Gasteiger partial charge is 0.261 e. The lowest BCUT2D eigenvalue weighted by Gasteiger charge is -2.32. The number of amides is 3. The van der Waals surface area contributed by atoms with E-state index in [0.29, 0.717) is 10.6 Å². The Bertz CT molecular complexity index is 828. The lowest BCUT2D eigenvalue weighted by Crippen LogP contribution is -2.40. The first-order valence-electron chi connectivity index (χ1n) is 9.74. The fourth-order valence-electron chi connectivity index (χ4n) is 3.12. The van der Waals surface area contributed by atoms with E-state index < -0.39 is 5.91 Å². The molecule has 1 saturated heterocycles. The van der Waals surface area contributed by atoms with Crippen molar-refractivity contribution in [1.82, 2.24) is 10.6 Å². The van der Waals surface area contributed by atoms with Crippen LogP contribution in [0.1, 0.15) is 29.4 Å². The summed E-state index contributed by atoms with van der Waals surface area (Å²) in [6.07, 6.45) is 2.40. The highest BCUT2D eigenvalue weighted by Crippen LogP contribution is 2.24. The van der Waals surface area contributed by atoms with E-state index in [1.165, 1.54) is 24.2 Å². The first kappa shape index (κ1) is 20.9. The third-order valence-corrected chi connectivity index (χ3v) is 5.77. The van der Waals surface area contributed by atoms with E-state index in [1.54, 1.807) is 17.5 Å². The van der Waals surface area contributed by atoms with Gasteiger partial charge in [0.2, 0.25) is 11.8 Å². The van der Waals surface area contributed by atoms with E-state index in [2.05, 4.69) is 27.8 Å². The van der Waals surface area contributed by atoms with E-state index in [0.717, 1.165) is 24.7 Å². The van der Waals surface area contributed by atoms with Gasteiger partial charge in [0.25, 0.3) is 5.91 Å². The van der Waals surface area contributed by atoms with E-state index >= 15 is 0 Å². The fraction of sp³-hybridized carbons (Fsp3) is 0.381. The Balaban J connectivity index is 1.37. The third kappa shape index (κ3) is 6.32. The second-order valence-corrected chi connectivity index (χ2v) is 8.15. The Morgan fingerprint density at radius 1 is 1.00 bits per heavy atom. The molecule has 0 saturated carbocycles. The van der Waals surface area contributed by atoms with Gasteiger partial charge in [-0.15, -0.1) is 11.3 Å². The van der Waals surface area contributed by atoms with Crippen LogP contribution in [-0.2, 0) is 9.59 Å². The van der Waals surface area contributed by atoms with Crippen LogP contribution in [0.2, 0.25) is 0 Å². The van der Waals surface area contributed by atoms with Gasteiger partial charge in [0.05, 0.1) is 18.0 Å². The quantitative estimate of drug-likeness (QED) is 0.649. The minimum atomic E-state index is -0.417. The van der Waals surface area contributed by atoms with Gasteiger partial charge in [-0.25, -0.2) is 0 Å². The molecule has 29 heavy (non-hydrogen) atoms. The van der Waals surface area contributed by atoms with Crippen molar-refractivity contribution in [1.29, 1.82) is 0 Å². The van der Waals surface area contributed by atoms with Crippen molar-refractivity contribution < 1.29 is 14.4 Å². The average Bonchev–Trinajstić information content (AvgIpc) is 3.27. The lowest BCUT2D eigenvalue weighted by molar-refractivity contribution is -0.123. The molecule has 1 aliphatic heterocycles. The van der Waals surface area contributed by atoms with E-state index in [9.17, 15) is 14.4 Å². The largest absolute Gasteiger partial charge is 0.372 e. The third-order valence-electron chi connectivity index (χ3n) is 4.90. The van der Waals surface area contributed by atoms with Crippen LogP contribution >= 0.6 is 11.3 Å². The summed E-state index contributed by atoms with van der Waals surface area (Å²) >= 11 is 1.30. The van der Waals surface area contributed by atoms with Crippen molar-refractivity contribution in [3.05, 3.63) is 46.7 Å². The number of hydrogen-bond donors (Lipinski definition) is 3. The summed E-state index contributed by atoms with van der Waals surface area (Å²) in [4.78, 5) is 38.5. The minimum absolute atomic E-state index is 0.153. The number of hydrogen-bond acceptors (Lipinski definition) is 5. The van der Waals surface area contributed by atoms with Gasteiger partial charge in [0.1, 0.15) is 0 Å². The molecule has 0 radical (unpaired) electrons. The zero-order valence-corrected chi connectivity index (χ0v) is 17.3. The molecule has 3 N–H and O–H groups in total. The molecule has 0 bridgehead atoms. The molecule has 8 heteroatoms. The Morgan fingerprint density at radius 2 is 1.69 bits per heavy atom. The van der Waals surface area contributed by atoms with Crippen LogP contribution in [0.4, 0.5) is 11.4 Å². The number of piperidine rings is 1. The molecule has 3 amide bonds. The molecule has 1 aliphatic rings. The molecule has 2 heterocycles. The maximum absolute atomic E-state index is 12.0. The van der Waals surface area contributed by atoms with Gasteiger partial charge in [0, 0.05) is 24.5 Å². The van der Waals surface area contributed by atoms with Crippen LogP contribution in [0.3, 0.4) is 0 Å². The molecule has 0 aliphatic carbocycles. The zero-order chi connectivity index (χ0) is 20.6. The first-order valence-corrected chi connectivity index (χ1v) is 10.6. The zero-order valence-electron chi connectivity index (χ0n) is 16.4. The topological polar surface area (TPSA) is 90.5 Å². The van der Waals surface area contributed by atoms with Gasteiger partial charge >= 0.3 is 0 Å². The molecular formula is C21H26N4O3S. The number of anilines is 2. The van der Waals surface area contributed by atoms with Crippen molar-refractivity contribution in [3.8, 4) is 0 Å². The molecule has 1 fully saturated rings. The summed E-state index contributed by atoms with van der Waals surface area (Å²) in [5.41, 5.74) is 1.84. The molecule has 0 unspecified atom stereocenters. The number of nitrogens with one attached hydrogen (secondary N) is 3. The van der Waals surface area contributed by atoms with Crippen molar-refractivity contribution >= 4 is 40.4 Å². The predicted octanol–water partition coefficient (Wildman–Crippen LogP) is 2.47. The van der Waals surface area contributed by atoms with Crippen molar-refractivity contribution in [3.63, 3.8) is 0 Å². The Morgan fingerprint density at radius 3 is 2.34 bits per heavy atom. The molecule has 0 atom stereocenters. The van der Waals surface area contributed by atoms with Gasteiger partial charge in [-0.05, 0) is 54.5 Å². The summed E-state index contributed by atoms with van der Waals surface area (Å²) in [6, 6.07) is 11.2. The number of rotatable bonds is 7. The number of thiophene rings is 1. The normalized spacial score (nSPS) is 14.3. The first-order chi connectivity index (χ1) is 14.0. The summed E-state index contributed by atoms with van der Waals surface area (Å²) < 4.78 is 0. The van der Waals surface area contributed by atoms with Gasteiger partial charge in [-0.3, -0.25) is 14.4 Å². The summed E-state index contributed by atoms with van der Waals surface area (Å²) in [5, 5.41) is 9.58. The highest BCUT2D eigenvalue weighted by molar-refractivity contribution is 7.12. The number of benzene rings is 1. The van der Waals surface area contributed by atoms with Crippen LogP contribution < -0.4 is 20.9 Å². The summed E-state index contributed by atoms with van der Waals surface area (Å²) in [7, 11) is 0. The maximum Gasteiger partial charge on any atom is 0.261 e. The molecule has 1 aromatic carbocycles. The maximum atomic E-state index is 12.0. The molecule has 3 rings (SSSR count). The monoisotopic (exact) mass is 414 g/mol. The standard InChI is InChI=1S/C21H26N4O3S/c1-15-8-10-25(11-9-15)17-6-4-16(5-7-17)24-20(27)14-22-19(26)13-23-21(28)18-3-2-12-29-18/h2-7,12,15H,8-11,13-14H2,1H3,(H,22,26)(H,23,28)(H,24,27). The van der Waals surface area contributed by atoms with Crippen LogP contribution in [0.15, 0.2) is 41.8 Å². The minimum Gasteiger partial charge on any atom is -0.372 e. The van der Waals surface area contributed by atoms with Crippen LogP contribution in [0.5, 0.6) is 0 Å². The van der Waals surface area contributed by atoms with Crippen LogP contribution in [0, 0.1) is 5.92 Å². The molecule has 0 spiro atoms. The van der Waals surface area contributed by atoms with Gasteiger partial charge in [-0.1, -0.05) is 13.0 Å². The Hall–Kier alpha value is -2.87. The predicted molar refractivity (Wildman–Crippen MR) is 115 cm³/mol. The highest BCUT2D eigenvalue weighted by atomic mass is 32.1. The SMILES string of the molecule is CC1CCN(c2ccc(NC(=O)CNC(=O)CNC(=O)c3cccs3)cc2)CC1. The van der Waals surface area contributed by atoms with Gasteiger partial charge in [0.15, 0.2) is 0 Å². The van der Waals surface area contributed by atoms with Crippen LogP contribution in [0.25, 0.3) is 0 Å². The van der Waals surface area contributed by atoms with Gasteiger partial charge in [-0.2, -0.15) is 0 Å². The molecule has 7 nitrogen and oxygen atoms in total. The van der Waals surface area contributed by atoms with Gasteiger partial charge < -0.3 is 20.9 Å². The van der Waals surface area contributed by atoms with Crippen molar-refractivity contribution in [2.75, 3.05) is 36.4 Å². The van der Waals surface area contributed by atoms with E-state index in [4.69, 9.17) is 0 Å². The average molecular weight is 415 g/mol. The summed E-state index contributed by atoms with van der Waals surface area (Å²) in [6.45, 7) is 4.07. The summed E-state index contributed by atoms with van der Waals surface area (Å²) in [5.74, 6) is -0.255. The second kappa shape index (κ2) is 10.1.